The fourth-order valence-corrected chi connectivity index (χ4v) is 5.76. The van der Waals surface area contributed by atoms with Crippen molar-refractivity contribution in [2.75, 3.05) is 0 Å². The van der Waals surface area contributed by atoms with Crippen LogP contribution in [0, 0.1) is 18.3 Å². The van der Waals surface area contributed by atoms with Crippen LogP contribution < -0.4 is 0 Å². The van der Waals surface area contributed by atoms with Crippen molar-refractivity contribution in [3.8, 4) is 22.9 Å². The number of aromatic nitrogens is 1. The van der Waals surface area contributed by atoms with Crippen LogP contribution in [0.25, 0.3) is 38.6 Å². The van der Waals surface area contributed by atoms with Gasteiger partial charge in [-0.05, 0) is 65.1 Å². The summed E-state index contributed by atoms with van der Waals surface area (Å²) in [5, 5.41) is 11.1. The molecule has 172 valence electrons. The van der Waals surface area contributed by atoms with Crippen LogP contribution in [-0.2, 0) is 11.6 Å². The number of nitrogens with zero attached hydrogens (tertiary/aromatic N) is 2. The molecule has 1 heterocycles. The number of nitriles is 1. The molecular weight excluding hydrogens is 445 g/mol. The molecule has 0 aliphatic heterocycles. The molecule has 4 aromatic carbocycles. The van der Waals surface area contributed by atoms with Crippen molar-refractivity contribution in [1.29, 1.82) is 5.26 Å². The van der Waals surface area contributed by atoms with Crippen molar-refractivity contribution in [3.05, 3.63) is 101 Å². The highest BCUT2D eigenvalue weighted by Gasteiger charge is 2.38. The predicted molar refractivity (Wildman–Crippen MR) is 133 cm³/mol. The van der Waals surface area contributed by atoms with Gasteiger partial charge in [0.1, 0.15) is 0 Å². The number of aryl methyl sites for hydroxylation is 1. The molecule has 0 bridgehead atoms. The lowest BCUT2D eigenvalue weighted by Gasteiger charge is -2.22. The van der Waals surface area contributed by atoms with Crippen molar-refractivity contribution in [3.63, 3.8) is 0 Å². The molecule has 35 heavy (non-hydrogen) atoms. The highest BCUT2D eigenvalue weighted by molar-refractivity contribution is 6.11. The van der Waals surface area contributed by atoms with Crippen molar-refractivity contribution in [1.82, 2.24) is 4.57 Å². The fraction of sp³-hybridized carbons (Fsp3) is 0.167. The van der Waals surface area contributed by atoms with E-state index in [9.17, 15) is 18.4 Å². The van der Waals surface area contributed by atoms with Crippen LogP contribution in [-0.4, -0.2) is 4.57 Å². The van der Waals surface area contributed by atoms with Crippen LogP contribution in [0.15, 0.2) is 72.8 Å². The minimum absolute atomic E-state index is 0.00295. The van der Waals surface area contributed by atoms with Gasteiger partial charge in [0.15, 0.2) is 0 Å². The minimum Gasteiger partial charge on any atom is -0.308 e. The van der Waals surface area contributed by atoms with Gasteiger partial charge in [0.2, 0.25) is 0 Å². The third kappa shape index (κ3) is 2.89. The number of para-hydroxylation sites is 1. The molecule has 0 radical (unpaired) electrons. The number of rotatable bonds is 1. The van der Waals surface area contributed by atoms with Crippen LogP contribution in [0.3, 0.4) is 0 Å². The largest absolute Gasteiger partial charge is 0.418 e. The Hall–Kier alpha value is -4.04. The quantitative estimate of drug-likeness (QED) is 0.244. The van der Waals surface area contributed by atoms with Crippen molar-refractivity contribution >= 4 is 21.8 Å². The Kier molecular flexibility index (Phi) is 4.29. The van der Waals surface area contributed by atoms with Gasteiger partial charge in [0.05, 0.1) is 33.9 Å². The lowest BCUT2D eigenvalue weighted by Crippen LogP contribution is -2.15. The summed E-state index contributed by atoms with van der Waals surface area (Å²) in [6, 6.07) is 24.4. The SMILES string of the molecule is Cc1cc(C#N)cc(C(F)(F)F)c1-n1c2ccccc2c2cc3c(cc21)C(C)(C)c1ccccc1-3. The average molecular weight is 467 g/mol. The fourth-order valence-electron chi connectivity index (χ4n) is 5.76. The lowest BCUT2D eigenvalue weighted by atomic mass is 9.82. The maximum atomic E-state index is 14.3. The van der Waals surface area contributed by atoms with E-state index < -0.39 is 11.7 Å². The van der Waals surface area contributed by atoms with E-state index in [4.69, 9.17) is 0 Å². The molecule has 5 aromatic rings. The van der Waals surface area contributed by atoms with E-state index in [-0.39, 0.29) is 16.7 Å². The van der Waals surface area contributed by atoms with Gasteiger partial charge >= 0.3 is 6.18 Å². The highest BCUT2D eigenvalue weighted by Crippen LogP contribution is 2.51. The maximum Gasteiger partial charge on any atom is 0.418 e. The van der Waals surface area contributed by atoms with E-state index in [1.165, 1.54) is 11.6 Å². The molecule has 1 aromatic heterocycles. The first-order valence-corrected chi connectivity index (χ1v) is 11.4. The third-order valence-corrected chi connectivity index (χ3v) is 7.33. The van der Waals surface area contributed by atoms with Gasteiger partial charge < -0.3 is 4.57 Å². The van der Waals surface area contributed by atoms with Gasteiger partial charge in [-0.3, -0.25) is 0 Å². The molecule has 0 saturated carbocycles. The standard InChI is InChI=1S/C30H21F3N2/c1-17-12-18(16-34)13-25(30(31,32)33)28(17)35-26-11-7-5-9-20(26)22-14-21-19-8-4-6-10-23(19)29(2,3)24(21)15-27(22)35/h4-15H,1-3H3. The van der Waals surface area contributed by atoms with E-state index in [0.29, 0.717) is 11.1 Å². The summed E-state index contributed by atoms with van der Waals surface area (Å²) < 4.78 is 44.7. The van der Waals surface area contributed by atoms with E-state index in [0.717, 1.165) is 39.0 Å². The lowest BCUT2D eigenvalue weighted by molar-refractivity contribution is -0.137. The molecule has 6 rings (SSSR count). The Balaban J connectivity index is 1.79. The van der Waals surface area contributed by atoms with E-state index in [1.54, 1.807) is 11.5 Å². The van der Waals surface area contributed by atoms with Crippen molar-refractivity contribution in [2.45, 2.75) is 32.4 Å². The Morgan fingerprint density at radius 2 is 1.51 bits per heavy atom. The zero-order valence-electron chi connectivity index (χ0n) is 19.5. The molecule has 0 spiro atoms. The van der Waals surface area contributed by atoms with E-state index >= 15 is 0 Å². The summed E-state index contributed by atoms with van der Waals surface area (Å²) in [4.78, 5) is 0. The molecular formula is C30H21F3N2. The first-order chi connectivity index (χ1) is 16.6. The molecule has 1 aliphatic carbocycles. The molecule has 0 N–H and O–H groups in total. The van der Waals surface area contributed by atoms with Gasteiger partial charge in [0.25, 0.3) is 0 Å². The van der Waals surface area contributed by atoms with Crippen LogP contribution in [0.5, 0.6) is 0 Å². The van der Waals surface area contributed by atoms with Gasteiger partial charge in [-0.25, -0.2) is 0 Å². The molecule has 0 fully saturated rings. The van der Waals surface area contributed by atoms with Crippen molar-refractivity contribution < 1.29 is 13.2 Å². The zero-order chi connectivity index (χ0) is 24.7. The summed E-state index contributed by atoms with van der Waals surface area (Å²) in [5.41, 5.74) is 5.40. The molecule has 0 saturated heterocycles. The predicted octanol–water partition coefficient (Wildman–Crippen LogP) is 8.29. The second kappa shape index (κ2) is 6.99. The summed E-state index contributed by atoms with van der Waals surface area (Å²) in [5.74, 6) is 0. The number of alkyl halides is 3. The second-order valence-corrected chi connectivity index (χ2v) is 9.74. The number of hydrogen-bond acceptors (Lipinski definition) is 1. The first kappa shape index (κ1) is 21.5. The Morgan fingerprint density at radius 1 is 0.800 bits per heavy atom. The van der Waals surface area contributed by atoms with E-state index in [2.05, 4.69) is 38.1 Å². The number of halogens is 3. The van der Waals surface area contributed by atoms with Crippen LogP contribution in [0.1, 0.15) is 41.7 Å². The van der Waals surface area contributed by atoms with Crippen LogP contribution in [0.2, 0.25) is 0 Å². The number of benzene rings is 4. The van der Waals surface area contributed by atoms with Gasteiger partial charge in [-0.1, -0.05) is 56.3 Å². The zero-order valence-corrected chi connectivity index (χ0v) is 19.5. The van der Waals surface area contributed by atoms with Gasteiger partial charge in [-0.15, -0.1) is 0 Å². The van der Waals surface area contributed by atoms with Crippen molar-refractivity contribution in [2.24, 2.45) is 0 Å². The third-order valence-electron chi connectivity index (χ3n) is 7.33. The minimum atomic E-state index is -4.61. The average Bonchev–Trinajstić information content (AvgIpc) is 3.26. The maximum absolute atomic E-state index is 14.3. The molecule has 0 unspecified atom stereocenters. The Labute approximate surface area is 200 Å². The molecule has 0 amide bonds. The summed E-state index contributed by atoms with van der Waals surface area (Å²) in [6.45, 7) is 5.95. The number of fused-ring (bicyclic) bond motifs is 6. The molecule has 5 heteroatoms. The Bertz CT molecular complexity index is 1730. The van der Waals surface area contributed by atoms with Gasteiger partial charge in [0, 0.05) is 16.2 Å². The summed E-state index contributed by atoms with van der Waals surface area (Å²) >= 11 is 0. The monoisotopic (exact) mass is 466 g/mol. The van der Waals surface area contributed by atoms with Gasteiger partial charge in [-0.2, -0.15) is 18.4 Å². The van der Waals surface area contributed by atoms with E-state index in [1.807, 2.05) is 42.5 Å². The second-order valence-electron chi connectivity index (χ2n) is 9.74. The van der Waals surface area contributed by atoms with Crippen LogP contribution in [0.4, 0.5) is 13.2 Å². The molecule has 0 atom stereocenters. The number of hydrogen-bond donors (Lipinski definition) is 0. The topological polar surface area (TPSA) is 28.7 Å². The molecule has 1 aliphatic rings. The summed E-state index contributed by atoms with van der Waals surface area (Å²) in [7, 11) is 0. The Morgan fingerprint density at radius 3 is 2.26 bits per heavy atom. The summed E-state index contributed by atoms with van der Waals surface area (Å²) in [6.07, 6.45) is -4.61. The normalized spacial score (nSPS) is 14.2. The smallest absolute Gasteiger partial charge is 0.308 e. The van der Waals surface area contributed by atoms with Crippen LogP contribution >= 0.6 is 0 Å². The molecule has 2 nitrogen and oxygen atoms in total. The first-order valence-electron chi connectivity index (χ1n) is 11.4. The highest BCUT2D eigenvalue weighted by atomic mass is 19.4.